The number of benzene rings is 1. The lowest BCUT2D eigenvalue weighted by Gasteiger charge is -2.06. The molecule has 0 radical (unpaired) electrons. The van der Waals surface area contributed by atoms with Gasteiger partial charge in [-0.3, -0.25) is 0 Å². The van der Waals surface area contributed by atoms with Gasteiger partial charge in [0.2, 0.25) is 0 Å². The summed E-state index contributed by atoms with van der Waals surface area (Å²) in [4.78, 5) is 0. The first-order valence-electron chi connectivity index (χ1n) is 3.25. The first kappa shape index (κ1) is 10.9. The molecule has 2 N–H and O–H groups in total. The number of rotatable bonds is 1. The van der Waals surface area contributed by atoms with Gasteiger partial charge in [0.25, 0.3) is 0 Å². The Morgan fingerprint density at radius 3 is 1.21 bits per heavy atom. The Labute approximate surface area is 74.7 Å². The van der Waals surface area contributed by atoms with E-state index in [9.17, 15) is 22.0 Å². The average Bonchev–Trinajstić information content (AvgIpc) is 2.11. The highest BCUT2D eigenvalue weighted by molar-refractivity contribution is 6.58. The summed E-state index contributed by atoms with van der Waals surface area (Å²) >= 11 is 0. The van der Waals surface area contributed by atoms with Crippen molar-refractivity contribution in [1.82, 2.24) is 0 Å². The second-order valence-electron chi connectivity index (χ2n) is 2.36. The molecule has 0 saturated heterocycles. The topological polar surface area (TPSA) is 40.5 Å². The average molecular weight is 212 g/mol. The van der Waals surface area contributed by atoms with Crippen molar-refractivity contribution in [3.63, 3.8) is 0 Å². The summed E-state index contributed by atoms with van der Waals surface area (Å²) in [6, 6.07) is 0. The molecule has 0 bridgehead atoms. The number of hydrogen-bond donors (Lipinski definition) is 2. The van der Waals surface area contributed by atoms with Crippen LogP contribution in [0.3, 0.4) is 0 Å². The van der Waals surface area contributed by atoms with E-state index in [1.54, 1.807) is 0 Å². The summed E-state index contributed by atoms with van der Waals surface area (Å²) in [5.74, 6) is -11.3. The minimum Gasteiger partial charge on any atom is -0.423 e. The largest absolute Gasteiger partial charge is 0.494 e. The van der Waals surface area contributed by atoms with Gasteiger partial charge < -0.3 is 10.0 Å². The van der Waals surface area contributed by atoms with Gasteiger partial charge in [0.1, 0.15) is 0 Å². The first-order valence-corrected chi connectivity index (χ1v) is 3.25. The SMILES string of the molecule is OB(O)c1c(F)c(F)c(F)c(F)c1F. The highest BCUT2D eigenvalue weighted by Gasteiger charge is 2.31. The molecule has 0 aliphatic carbocycles. The molecule has 0 aromatic heterocycles. The highest BCUT2D eigenvalue weighted by Crippen LogP contribution is 2.15. The Balaban J connectivity index is 3.60. The Morgan fingerprint density at radius 1 is 0.643 bits per heavy atom. The van der Waals surface area contributed by atoms with Gasteiger partial charge in [-0.2, -0.15) is 0 Å². The molecule has 0 amide bonds. The van der Waals surface area contributed by atoms with Crippen LogP contribution in [0, 0.1) is 29.1 Å². The van der Waals surface area contributed by atoms with Crippen molar-refractivity contribution in [2.75, 3.05) is 0 Å². The Hall–Kier alpha value is -1.15. The van der Waals surface area contributed by atoms with Crippen molar-refractivity contribution in [2.24, 2.45) is 0 Å². The molecule has 0 spiro atoms. The monoisotopic (exact) mass is 212 g/mol. The molecule has 0 atom stereocenters. The van der Waals surface area contributed by atoms with Crippen LogP contribution in [0.4, 0.5) is 22.0 Å². The van der Waals surface area contributed by atoms with Gasteiger partial charge in [-0.05, 0) is 0 Å². The van der Waals surface area contributed by atoms with Crippen molar-refractivity contribution in [3.8, 4) is 0 Å². The summed E-state index contributed by atoms with van der Waals surface area (Å²) in [5, 5.41) is 16.7. The van der Waals surface area contributed by atoms with Crippen LogP contribution in [0.1, 0.15) is 0 Å². The summed E-state index contributed by atoms with van der Waals surface area (Å²) in [6.07, 6.45) is 0. The van der Waals surface area contributed by atoms with E-state index in [1.807, 2.05) is 0 Å². The lowest BCUT2D eigenvalue weighted by molar-refractivity contribution is 0.373. The van der Waals surface area contributed by atoms with E-state index in [1.165, 1.54) is 0 Å². The molecule has 1 aromatic rings. The molecule has 1 aromatic carbocycles. The van der Waals surface area contributed by atoms with Crippen molar-refractivity contribution in [1.29, 1.82) is 0 Å². The van der Waals surface area contributed by atoms with Crippen LogP contribution in [0.25, 0.3) is 0 Å². The van der Waals surface area contributed by atoms with E-state index >= 15 is 0 Å². The van der Waals surface area contributed by atoms with Gasteiger partial charge in [0, 0.05) is 0 Å². The maximum absolute atomic E-state index is 12.6. The summed E-state index contributed by atoms with van der Waals surface area (Å²) in [6.45, 7) is 0. The minimum atomic E-state index is -2.76. The fourth-order valence-electron chi connectivity index (χ4n) is 0.849. The Kier molecular flexibility index (Phi) is 2.77. The fourth-order valence-corrected chi connectivity index (χ4v) is 0.849. The van der Waals surface area contributed by atoms with E-state index in [4.69, 9.17) is 10.0 Å². The molecular weight excluding hydrogens is 210 g/mol. The molecule has 0 aliphatic rings. The zero-order chi connectivity index (χ0) is 11.0. The molecule has 8 heteroatoms. The third-order valence-corrected chi connectivity index (χ3v) is 1.50. The standard InChI is InChI=1S/C6H2BF5O2/c8-2-1(7(13)14)3(9)5(11)6(12)4(2)10/h13-14H. The lowest BCUT2D eigenvalue weighted by atomic mass is 9.79. The van der Waals surface area contributed by atoms with E-state index in [0.717, 1.165) is 0 Å². The van der Waals surface area contributed by atoms with E-state index in [-0.39, 0.29) is 0 Å². The lowest BCUT2D eigenvalue weighted by Crippen LogP contribution is -2.38. The summed E-state index contributed by atoms with van der Waals surface area (Å²) in [5.41, 5.74) is -1.67. The Morgan fingerprint density at radius 2 is 0.929 bits per heavy atom. The number of halogens is 5. The molecule has 0 heterocycles. The van der Waals surface area contributed by atoms with Gasteiger partial charge in [-0.1, -0.05) is 0 Å². The summed E-state index contributed by atoms with van der Waals surface area (Å²) in [7, 11) is -2.76. The molecule has 0 fully saturated rings. The zero-order valence-electron chi connectivity index (χ0n) is 6.36. The van der Waals surface area contributed by atoms with Crippen LogP contribution in [-0.4, -0.2) is 17.2 Å². The molecule has 0 saturated carbocycles. The van der Waals surface area contributed by atoms with Gasteiger partial charge in [0.15, 0.2) is 29.1 Å². The van der Waals surface area contributed by atoms with Crippen LogP contribution < -0.4 is 5.46 Å². The van der Waals surface area contributed by atoms with E-state index < -0.39 is 41.7 Å². The van der Waals surface area contributed by atoms with Gasteiger partial charge >= 0.3 is 7.12 Å². The molecule has 2 nitrogen and oxygen atoms in total. The summed E-state index contributed by atoms with van der Waals surface area (Å²) < 4.78 is 62.4. The van der Waals surface area contributed by atoms with Crippen LogP contribution in [-0.2, 0) is 0 Å². The highest BCUT2D eigenvalue weighted by atomic mass is 19.2. The second kappa shape index (κ2) is 3.54. The zero-order valence-corrected chi connectivity index (χ0v) is 6.36. The third kappa shape index (κ3) is 1.46. The number of hydrogen-bond acceptors (Lipinski definition) is 2. The predicted molar refractivity (Wildman–Crippen MR) is 36.1 cm³/mol. The molecule has 0 unspecified atom stereocenters. The van der Waals surface area contributed by atoms with Crippen molar-refractivity contribution in [3.05, 3.63) is 29.1 Å². The van der Waals surface area contributed by atoms with E-state index in [2.05, 4.69) is 0 Å². The smallest absolute Gasteiger partial charge is 0.423 e. The normalized spacial score (nSPS) is 10.5. The van der Waals surface area contributed by atoms with E-state index in [0.29, 0.717) is 0 Å². The molecule has 0 aliphatic heterocycles. The molecule has 76 valence electrons. The van der Waals surface area contributed by atoms with Crippen LogP contribution in [0.15, 0.2) is 0 Å². The second-order valence-corrected chi connectivity index (χ2v) is 2.36. The first-order chi connectivity index (χ1) is 6.37. The quantitative estimate of drug-likeness (QED) is 0.299. The van der Waals surface area contributed by atoms with Crippen molar-refractivity contribution in [2.45, 2.75) is 0 Å². The third-order valence-electron chi connectivity index (χ3n) is 1.50. The maximum atomic E-state index is 12.6. The van der Waals surface area contributed by atoms with Gasteiger partial charge in [0.05, 0.1) is 5.46 Å². The fraction of sp³-hybridized carbons (Fsp3) is 0. The predicted octanol–water partition coefficient (Wildman–Crippen LogP) is 0.0619. The van der Waals surface area contributed by atoms with Gasteiger partial charge in [-0.25, -0.2) is 22.0 Å². The van der Waals surface area contributed by atoms with Gasteiger partial charge in [-0.15, -0.1) is 0 Å². The van der Waals surface area contributed by atoms with Crippen molar-refractivity contribution < 1.29 is 32.0 Å². The molecular formula is C6H2BF5O2. The Bertz CT molecular complexity index is 352. The molecule has 14 heavy (non-hydrogen) atoms. The van der Waals surface area contributed by atoms with Crippen molar-refractivity contribution >= 4 is 12.6 Å². The maximum Gasteiger partial charge on any atom is 0.494 e. The minimum absolute atomic E-state index is 1.67. The molecule has 1 rings (SSSR count). The van der Waals surface area contributed by atoms with Crippen LogP contribution >= 0.6 is 0 Å². The van der Waals surface area contributed by atoms with Crippen LogP contribution in [0.5, 0.6) is 0 Å². The van der Waals surface area contributed by atoms with Crippen LogP contribution in [0.2, 0.25) is 0 Å².